The monoisotopic (exact) mass is 457 g/mol. The van der Waals surface area contributed by atoms with E-state index in [1.165, 1.54) is 0 Å². The number of ether oxygens (including phenoxy) is 1. The van der Waals surface area contributed by atoms with E-state index in [9.17, 15) is 20.1 Å². The van der Waals surface area contributed by atoms with Crippen LogP contribution in [0.15, 0.2) is 23.8 Å². The molecule has 33 heavy (non-hydrogen) atoms. The second-order valence-electron chi connectivity index (χ2n) is 11.7. The highest BCUT2D eigenvalue weighted by atomic mass is 16.5. The Kier molecular flexibility index (Phi) is 6.29. The molecule has 6 nitrogen and oxygen atoms in total. The molecule has 6 heteroatoms. The van der Waals surface area contributed by atoms with Gasteiger partial charge in [0.25, 0.3) is 0 Å². The van der Waals surface area contributed by atoms with Crippen LogP contribution in [-0.4, -0.2) is 57.0 Å². The molecule has 0 spiro atoms. The van der Waals surface area contributed by atoms with Crippen LogP contribution in [0.1, 0.15) is 83.8 Å². The van der Waals surface area contributed by atoms with Gasteiger partial charge in [-0.05, 0) is 74.8 Å². The number of benzene rings is 1. The van der Waals surface area contributed by atoms with Crippen LogP contribution in [0.2, 0.25) is 0 Å². The predicted molar refractivity (Wildman–Crippen MR) is 128 cm³/mol. The fourth-order valence-electron chi connectivity index (χ4n) is 6.03. The molecule has 1 fully saturated rings. The molecule has 0 radical (unpaired) electrons. The number of rotatable bonds is 5. The number of allylic oxidation sites excluding steroid dienone is 1. The molecule has 182 valence electrons. The molecular weight excluding hydrogens is 418 g/mol. The SMILES string of the molecule is CC(C)(C)c1cc(O)c2c(c1)OC(C)(C)[C@@H]1CC=C(C(O)CN3CCCC3CC(=O)O)C[C@@H]21. The number of carboxylic acid groups (broad SMARTS) is 1. The van der Waals surface area contributed by atoms with Crippen molar-refractivity contribution in [1.82, 2.24) is 4.90 Å². The van der Waals surface area contributed by atoms with Crippen LogP contribution in [0.3, 0.4) is 0 Å². The third kappa shape index (κ3) is 4.78. The second kappa shape index (κ2) is 8.62. The van der Waals surface area contributed by atoms with E-state index in [0.29, 0.717) is 13.0 Å². The average Bonchev–Trinajstić information content (AvgIpc) is 3.11. The lowest BCUT2D eigenvalue weighted by Gasteiger charge is -2.48. The lowest BCUT2D eigenvalue weighted by atomic mass is 9.66. The molecule has 2 aliphatic heterocycles. The molecular formula is C27H39NO5. The minimum absolute atomic E-state index is 0.00306. The van der Waals surface area contributed by atoms with Crippen molar-refractivity contribution >= 4 is 5.97 Å². The maximum absolute atomic E-state index is 11.2. The Morgan fingerprint density at radius 2 is 2.03 bits per heavy atom. The van der Waals surface area contributed by atoms with Gasteiger partial charge in [0.2, 0.25) is 0 Å². The van der Waals surface area contributed by atoms with E-state index >= 15 is 0 Å². The molecule has 2 unspecified atom stereocenters. The van der Waals surface area contributed by atoms with Gasteiger partial charge < -0.3 is 20.1 Å². The first kappa shape index (κ1) is 24.1. The van der Waals surface area contributed by atoms with Crippen molar-refractivity contribution in [2.75, 3.05) is 13.1 Å². The largest absolute Gasteiger partial charge is 0.508 e. The smallest absolute Gasteiger partial charge is 0.304 e. The summed E-state index contributed by atoms with van der Waals surface area (Å²) in [6.07, 6.45) is 4.92. The highest BCUT2D eigenvalue weighted by Gasteiger charge is 2.47. The van der Waals surface area contributed by atoms with Crippen molar-refractivity contribution in [2.24, 2.45) is 5.92 Å². The van der Waals surface area contributed by atoms with E-state index in [1.807, 2.05) is 6.07 Å². The molecule has 0 bridgehead atoms. The Labute approximate surface area is 197 Å². The molecule has 4 atom stereocenters. The van der Waals surface area contributed by atoms with Crippen molar-refractivity contribution in [3.8, 4) is 11.5 Å². The first-order valence-corrected chi connectivity index (χ1v) is 12.3. The van der Waals surface area contributed by atoms with E-state index in [2.05, 4.69) is 51.7 Å². The Bertz CT molecular complexity index is 945. The van der Waals surface area contributed by atoms with Crippen LogP contribution in [0, 0.1) is 5.92 Å². The van der Waals surface area contributed by atoms with E-state index < -0.39 is 12.1 Å². The lowest BCUT2D eigenvalue weighted by Crippen LogP contribution is -2.46. The molecule has 1 aliphatic carbocycles. The molecule has 2 heterocycles. The van der Waals surface area contributed by atoms with Gasteiger partial charge in [0.1, 0.15) is 17.1 Å². The molecule has 0 aromatic heterocycles. The van der Waals surface area contributed by atoms with Gasteiger partial charge in [-0.3, -0.25) is 9.69 Å². The number of fused-ring (bicyclic) bond motifs is 3. The van der Waals surface area contributed by atoms with Crippen molar-refractivity contribution in [3.63, 3.8) is 0 Å². The number of carboxylic acids is 1. The summed E-state index contributed by atoms with van der Waals surface area (Å²) in [6, 6.07) is 3.94. The summed E-state index contributed by atoms with van der Waals surface area (Å²) < 4.78 is 6.44. The number of phenols is 1. The number of aliphatic carboxylic acids is 1. The third-order valence-corrected chi connectivity index (χ3v) is 7.94. The summed E-state index contributed by atoms with van der Waals surface area (Å²) >= 11 is 0. The molecule has 3 N–H and O–H groups in total. The number of phenolic OH excluding ortho intramolecular Hbond substituents is 1. The molecule has 1 aromatic carbocycles. The highest BCUT2D eigenvalue weighted by molar-refractivity contribution is 5.67. The van der Waals surface area contributed by atoms with Gasteiger partial charge in [-0.15, -0.1) is 0 Å². The minimum Gasteiger partial charge on any atom is -0.508 e. The van der Waals surface area contributed by atoms with Crippen LogP contribution in [0.4, 0.5) is 0 Å². The maximum Gasteiger partial charge on any atom is 0.304 e. The first-order chi connectivity index (χ1) is 15.4. The number of hydrogen-bond acceptors (Lipinski definition) is 5. The molecule has 3 aliphatic rings. The van der Waals surface area contributed by atoms with E-state index in [0.717, 1.165) is 48.3 Å². The maximum atomic E-state index is 11.2. The topological polar surface area (TPSA) is 90.2 Å². The van der Waals surface area contributed by atoms with Gasteiger partial charge in [0.15, 0.2) is 0 Å². The average molecular weight is 458 g/mol. The van der Waals surface area contributed by atoms with E-state index in [1.54, 1.807) is 0 Å². The molecule has 0 saturated carbocycles. The van der Waals surface area contributed by atoms with Crippen LogP contribution in [-0.2, 0) is 10.2 Å². The summed E-state index contributed by atoms with van der Waals surface area (Å²) in [5.41, 5.74) is 2.40. The van der Waals surface area contributed by atoms with Crippen LogP contribution in [0.5, 0.6) is 11.5 Å². The molecule has 4 rings (SSSR count). The third-order valence-electron chi connectivity index (χ3n) is 7.94. The highest BCUT2D eigenvalue weighted by Crippen LogP contribution is 2.55. The first-order valence-electron chi connectivity index (χ1n) is 12.3. The molecule has 1 aromatic rings. The summed E-state index contributed by atoms with van der Waals surface area (Å²) in [5.74, 6) is 0.523. The van der Waals surface area contributed by atoms with E-state index in [4.69, 9.17) is 4.74 Å². The number of aliphatic hydroxyl groups excluding tert-OH is 1. The number of hydrogen-bond donors (Lipinski definition) is 3. The summed E-state index contributed by atoms with van der Waals surface area (Å²) in [5, 5.41) is 31.4. The number of aliphatic hydroxyl groups is 1. The van der Waals surface area contributed by atoms with Crippen molar-refractivity contribution in [2.45, 2.75) is 95.8 Å². The Morgan fingerprint density at radius 1 is 1.30 bits per heavy atom. The van der Waals surface area contributed by atoms with Crippen molar-refractivity contribution < 1.29 is 24.9 Å². The molecule has 0 amide bonds. The lowest BCUT2D eigenvalue weighted by molar-refractivity contribution is -0.138. The fraction of sp³-hybridized carbons (Fsp3) is 0.667. The zero-order valence-electron chi connectivity index (χ0n) is 20.6. The number of aromatic hydroxyl groups is 1. The normalized spacial score (nSPS) is 27.8. The fourth-order valence-corrected chi connectivity index (χ4v) is 6.03. The Hall–Kier alpha value is -2.05. The quantitative estimate of drug-likeness (QED) is 0.561. The number of carbonyl (C=O) groups is 1. The Morgan fingerprint density at radius 3 is 2.70 bits per heavy atom. The van der Waals surface area contributed by atoms with Crippen LogP contribution < -0.4 is 4.74 Å². The van der Waals surface area contributed by atoms with Gasteiger partial charge in [-0.2, -0.15) is 0 Å². The number of likely N-dealkylation sites (tertiary alicyclic amines) is 1. The van der Waals surface area contributed by atoms with Crippen LogP contribution >= 0.6 is 0 Å². The summed E-state index contributed by atoms with van der Waals surface area (Å²) in [6.45, 7) is 11.9. The number of β-amino-alcohol motifs (C(OH)–C–C–N with tert-alkyl or cyclic N) is 1. The molecule has 1 saturated heterocycles. The van der Waals surface area contributed by atoms with Crippen molar-refractivity contribution in [1.29, 1.82) is 0 Å². The Balaban J connectivity index is 1.58. The summed E-state index contributed by atoms with van der Waals surface area (Å²) in [7, 11) is 0. The van der Waals surface area contributed by atoms with Crippen LogP contribution in [0.25, 0.3) is 0 Å². The zero-order valence-corrected chi connectivity index (χ0v) is 20.6. The predicted octanol–water partition coefficient (Wildman–Crippen LogP) is 4.58. The standard InChI is InChI=1S/C27H39NO5/c1-26(2,3)17-12-21(29)25-19-11-16(8-9-20(19)27(4,5)33-23(25)13-17)22(30)15-28-10-6-7-18(28)14-24(31)32/h8,12-13,18-20,22,29-30H,6-7,9-11,14-15H2,1-5H3,(H,31,32)/t18?,19-,20-,22?/m1/s1. The van der Waals surface area contributed by atoms with Gasteiger partial charge in [-0.1, -0.05) is 26.8 Å². The minimum atomic E-state index is -0.785. The van der Waals surface area contributed by atoms with Gasteiger partial charge in [0, 0.05) is 30.0 Å². The summed E-state index contributed by atoms with van der Waals surface area (Å²) in [4.78, 5) is 13.3. The second-order valence-corrected chi connectivity index (χ2v) is 11.7. The van der Waals surface area contributed by atoms with Gasteiger partial charge in [0.05, 0.1) is 12.5 Å². The van der Waals surface area contributed by atoms with Gasteiger partial charge in [-0.25, -0.2) is 0 Å². The van der Waals surface area contributed by atoms with Crippen molar-refractivity contribution in [3.05, 3.63) is 34.9 Å². The van der Waals surface area contributed by atoms with E-state index in [-0.39, 0.29) is 41.1 Å². The zero-order chi connectivity index (χ0) is 24.1. The number of nitrogens with zero attached hydrogens (tertiary/aromatic N) is 1. The van der Waals surface area contributed by atoms with Gasteiger partial charge >= 0.3 is 5.97 Å².